The first-order chi connectivity index (χ1) is 11.1. The van der Waals surface area contributed by atoms with Crippen molar-refractivity contribution >= 4 is 22.8 Å². The number of rotatable bonds is 2. The number of hydrogen-bond donors (Lipinski definition) is 3. The van der Waals surface area contributed by atoms with Crippen molar-refractivity contribution < 1.29 is 4.79 Å². The molecule has 0 aromatic carbocycles. The Bertz CT molecular complexity index is 934. The lowest BCUT2D eigenvalue weighted by Crippen LogP contribution is -2.36. The Labute approximate surface area is 130 Å². The van der Waals surface area contributed by atoms with Crippen LogP contribution >= 0.6 is 0 Å². The molecule has 1 aliphatic heterocycles. The van der Waals surface area contributed by atoms with Crippen LogP contribution in [0.4, 0.5) is 5.82 Å². The Kier molecular flexibility index (Phi) is 3.85. The number of carbonyl (C=O) groups excluding carboxylic acids is 1. The molecule has 118 valence electrons. The van der Waals surface area contributed by atoms with Crippen LogP contribution in [0, 0.1) is 11.8 Å². The number of hydrogen-bond acceptors (Lipinski definition) is 5. The molecule has 0 bridgehead atoms. The van der Waals surface area contributed by atoms with E-state index in [1.165, 1.54) is 0 Å². The number of aromatic nitrogens is 3. The largest absolute Gasteiger partial charge is 0.353 e. The number of H-pyrrole nitrogens is 2. The van der Waals surface area contributed by atoms with Gasteiger partial charge in [-0.25, -0.2) is 4.98 Å². The van der Waals surface area contributed by atoms with E-state index in [4.69, 9.17) is 0 Å². The Morgan fingerprint density at radius 1 is 1.39 bits per heavy atom. The Morgan fingerprint density at radius 2 is 2.17 bits per heavy atom. The molecule has 1 atom stereocenters. The monoisotopic (exact) mass is 313 g/mol. The normalized spacial score (nSPS) is 16.9. The summed E-state index contributed by atoms with van der Waals surface area (Å²) < 4.78 is 0. The van der Waals surface area contributed by atoms with E-state index in [2.05, 4.69) is 32.1 Å². The van der Waals surface area contributed by atoms with Gasteiger partial charge in [-0.05, 0) is 25.3 Å². The van der Waals surface area contributed by atoms with Crippen LogP contribution in [-0.4, -0.2) is 40.0 Å². The molecule has 1 fully saturated rings. The zero-order valence-electron chi connectivity index (χ0n) is 12.5. The van der Waals surface area contributed by atoms with Gasteiger partial charge in [0.15, 0.2) is 5.82 Å². The predicted octanol–water partition coefficient (Wildman–Crippen LogP) is -0.670. The van der Waals surface area contributed by atoms with Gasteiger partial charge in [0.25, 0.3) is 5.91 Å². The lowest BCUT2D eigenvalue weighted by atomic mass is 10.2. The number of anilines is 1. The average molecular weight is 313 g/mol. The minimum absolute atomic E-state index is 0.0325. The third-order valence-corrected chi connectivity index (χ3v) is 3.69. The van der Waals surface area contributed by atoms with Crippen LogP contribution in [0.25, 0.3) is 11.0 Å². The quantitative estimate of drug-likeness (QED) is 0.503. The molecular weight excluding hydrogens is 298 g/mol. The highest BCUT2D eigenvalue weighted by Crippen LogP contribution is 2.23. The van der Waals surface area contributed by atoms with Gasteiger partial charge in [0, 0.05) is 25.3 Å². The third kappa shape index (κ3) is 2.94. The summed E-state index contributed by atoms with van der Waals surface area (Å²) in [5.41, 5.74) is -0.408. The SMILES string of the molecule is CC#CC(=O)N[C@H]1CCN(c2nccc3[nH]c(=O)c(=O)[nH]c23)C1. The fourth-order valence-corrected chi connectivity index (χ4v) is 2.67. The van der Waals surface area contributed by atoms with E-state index in [1.54, 1.807) is 19.2 Å². The second kappa shape index (κ2) is 5.96. The van der Waals surface area contributed by atoms with Crippen molar-refractivity contribution in [3.63, 3.8) is 0 Å². The van der Waals surface area contributed by atoms with Crippen LogP contribution in [0.3, 0.4) is 0 Å². The number of pyridine rings is 1. The summed E-state index contributed by atoms with van der Waals surface area (Å²) in [5.74, 6) is 5.28. The van der Waals surface area contributed by atoms with E-state index in [9.17, 15) is 14.4 Å². The number of aromatic amines is 2. The average Bonchev–Trinajstić information content (AvgIpc) is 2.96. The number of amides is 1. The zero-order chi connectivity index (χ0) is 16.4. The predicted molar refractivity (Wildman–Crippen MR) is 85.2 cm³/mol. The molecule has 2 aromatic heterocycles. The highest BCUT2D eigenvalue weighted by molar-refractivity contribution is 5.93. The summed E-state index contributed by atoms with van der Waals surface area (Å²) in [6, 6.07) is 1.59. The van der Waals surface area contributed by atoms with Crippen LogP contribution in [0.2, 0.25) is 0 Å². The minimum atomic E-state index is -0.714. The Balaban J connectivity index is 1.88. The molecule has 0 unspecified atom stereocenters. The summed E-state index contributed by atoms with van der Waals surface area (Å²) in [6.45, 7) is 2.85. The van der Waals surface area contributed by atoms with Crippen molar-refractivity contribution in [2.24, 2.45) is 0 Å². The lowest BCUT2D eigenvalue weighted by Gasteiger charge is -2.18. The van der Waals surface area contributed by atoms with Gasteiger partial charge in [0.05, 0.1) is 5.52 Å². The molecule has 0 radical (unpaired) electrons. The molecule has 3 N–H and O–H groups in total. The molecule has 0 aliphatic carbocycles. The summed E-state index contributed by atoms with van der Waals surface area (Å²) in [6.07, 6.45) is 2.32. The molecule has 3 heterocycles. The van der Waals surface area contributed by atoms with Gasteiger partial charge < -0.3 is 20.2 Å². The first-order valence-electron chi connectivity index (χ1n) is 7.18. The molecular formula is C15H15N5O3. The van der Waals surface area contributed by atoms with Crippen molar-refractivity contribution in [1.82, 2.24) is 20.3 Å². The molecule has 1 aliphatic rings. The van der Waals surface area contributed by atoms with E-state index >= 15 is 0 Å². The van der Waals surface area contributed by atoms with E-state index in [1.807, 2.05) is 4.90 Å². The summed E-state index contributed by atoms with van der Waals surface area (Å²) >= 11 is 0. The highest BCUT2D eigenvalue weighted by atomic mass is 16.2. The van der Waals surface area contributed by atoms with Gasteiger partial charge in [-0.15, -0.1) is 0 Å². The second-order valence-corrected chi connectivity index (χ2v) is 5.25. The fraction of sp³-hybridized carbons (Fsp3) is 0.333. The number of fused-ring (bicyclic) bond motifs is 1. The Hall–Kier alpha value is -3.08. The fourth-order valence-electron chi connectivity index (χ4n) is 2.67. The topological polar surface area (TPSA) is 111 Å². The lowest BCUT2D eigenvalue weighted by molar-refractivity contribution is -0.116. The molecule has 0 spiro atoms. The van der Waals surface area contributed by atoms with Crippen LogP contribution in [-0.2, 0) is 4.79 Å². The summed E-state index contributed by atoms with van der Waals surface area (Å²) in [5, 5.41) is 2.84. The molecule has 2 aromatic rings. The molecule has 1 amide bonds. The standard InChI is InChI=1S/C15H15N5O3/c1-2-3-11(21)17-9-5-7-20(8-9)13-12-10(4-6-16-13)18-14(22)15(23)19-12/h4,6,9H,5,7-8H2,1H3,(H,17,21)(H,18,22)(H,19,23)/t9-/m0/s1. The second-order valence-electron chi connectivity index (χ2n) is 5.25. The van der Waals surface area contributed by atoms with Gasteiger partial charge in [-0.1, -0.05) is 5.92 Å². The minimum Gasteiger partial charge on any atom is -0.353 e. The van der Waals surface area contributed by atoms with Gasteiger partial charge in [0.1, 0.15) is 5.52 Å². The molecule has 1 saturated heterocycles. The molecule has 3 rings (SSSR count). The maximum atomic E-state index is 11.6. The third-order valence-electron chi connectivity index (χ3n) is 3.69. The van der Waals surface area contributed by atoms with Crippen molar-refractivity contribution in [3.05, 3.63) is 33.0 Å². The molecule has 8 heteroatoms. The van der Waals surface area contributed by atoms with Gasteiger partial charge >= 0.3 is 11.1 Å². The van der Waals surface area contributed by atoms with E-state index in [0.717, 1.165) is 6.42 Å². The van der Waals surface area contributed by atoms with Crippen LogP contribution in [0.15, 0.2) is 21.9 Å². The summed E-state index contributed by atoms with van der Waals surface area (Å²) in [7, 11) is 0. The number of nitrogens with one attached hydrogen (secondary N) is 3. The van der Waals surface area contributed by atoms with Crippen molar-refractivity contribution in [3.8, 4) is 11.8 Å². The first kappa shape index (κ1) is 14.8. The van der Waals surface area contributed by atoms with Crippen molar-refractivity contribution in [1.29, 1.82) is 0 Å². The van der Waals surface area contributed by atoms with Gasteiger partial charge in [-0.3, -0.25) is 14.4 Å². The van der Waals surface area contributed by atoms with Gasteiger partial charge in [0.2, 0.25) is 0 Å². The maximum absolute atomic E-state index is 11.6. The number of carbonyl (C=O) groups is 1. The Morgan fingerprint density at radius 3 is 2.96 bits per heavy atom. The molecule has 8 nitrogen and oxygen atoms in total. The first-order valence-corrected chi connectivity index (χ1v) is 7.18. The van der Waals surface area contributed by atoms with Crippen molar-refractivity contribution in [2.75, 3.05) is 18.0 Å². The zero-order valence-corrected chi connectivity index (χ0v) is 12.5. The molecule has 23 heavy (non-hydrogen) atoms. The maximum Gasteiger partial charge on any atom is 0.314 e. The highest BCUT2D eigenvalue weighted by Gasteiger charge is 2.26. The van der Waals surface area contributed by atoms with Crippen LogP contribution < -0.4 is 21.3 Å². The smallest absolute Gasteiger partial charge is 0.314 e. The van der Waals surface area contributed by atoms with Crippen LogP contribution in [0.5, 0.6) is 0 Å². The van der Waals surface area contributed by atoms with E-state index < -0.39 is 11.1 Å². The van der Waals surface area contributed by atoms with E-state index in [0.29, 0.717) is 29.9 Å². The van der Waals surface area contributed by atoms with Crippen LogP contribution in [0.1, 0.15) is 13.3 Å². The number of nitrogens with zero attached hydrogens (tertiary/aromatic N) is 2. The van der Waals surface area contributed by atoms with Crippen molar-refractivity contribution in [2.45, 2.75) is 19.4 Å². The van der Waals surface area contributed by atoms with Gasteiger partial charge in [-0.2, -0.15) is 0 Å². The summed E-state index contributed by atoms with van der Waals surface area (Å²) in [4.78, 5) is 45.9. The van der Waals surface area contributed by atoms with E-state index in [-0.39, 0.29) is 11.9 Å². The molecule has 0 saturated carbocycles.